The lowest BCUT2D eigenvalue weighted by Crippen LogP contribution is -2.18. The summed E-state index contributed by atoms with van der Waals surface area (Å²) in [5.74, 6) is 0. The molecule has 0 N–H and O–H groups in total. The lowest BCUT2D eigenvalue weighted by Gasteiger charge is -2.17. The first-order chi connectivity index (χ1) is 4.06. The van der Waals surface area contributed by atoms with Gasteiger partial charge in [0.1, 0.15) is 0 Å². The molecule has 9 heavy (non-hydrogen) atoms. The van der Waals surface area contributed by atoms with Crippen LogP contribution in [0.1, 0.15) is 20.8 Å². The molecule has 0 aliphatic carbocycles. The molecule has 2 heteroatoms. The van der Waals surface area contributed by atoms with Crippen LogP contribution in [0.2, 0.25) is 0 Å². The zero-order chi connectivity index (χ0) is 7.33. The van der Waals surface area contributed by atoms with Gasteiger partial charge in [0.2, 0.25) is 0 Å². The van der Waals surface area contributed by atoms with Gasteiger partial charge in [0.15, 0.2) is 0 Å². The lowest BCUT2D eigenvalue weighted by molar-refractivity contribution is 0.0150. The van der Waals surface area contributed by atoms with Crippen molar-refractivity contribution in [2.24, 2.45) is 0 Å². The Balaban J connectivity index is 3.28. The van der Waals surface area contributed by atoms with Gasteiger partial charge in [-0.3, -0.25) is 0 Å². The summed E-state index contributed by atoms with van der Waals surface area (Å²) in [4.78, 5) is 1.80. The molecular formula is C7H13BrO. The van der Waals surface area contributed by atoms with E-state index >= 15 is 0 Å². The standard InChI is InChI=1S/C7H13BrO/c1-7(2,3)9-6-4-5-8/h4-5H,6H2,1-3H3/b5-4+. The zero-order valence-electron chi connectivity index (χ0n) is 6.15. The Morgan fingerprint density at radius 2 is 2.00 bits per heavy atom. The van der Waals surface area contributed by atoms with Crippen molar-refractivity contribution in [1.82, 2.24) is 0 Å². The van der Waals surface area contributed by atoms with Gasteiger partial charge in [0, 0.05) is 0 Å². The molecule has 0 spiro atoms. The average Bonchev–Trinajstić information content (AvgIpc) is 1.63. The van der Waals surface area contributed by atoms with Crippen molar-refractivity contribution in [3.05, 3.63) is 11.1 Å². The van der Waals surface area contributed by atoms with Gasteiger partial charge in [-0.1, -0.05) is 22.0 Å². The van der Waals surface area contributed by atoms with Crippen LogP contribution in [0.3, 0.4) is 0 Å². The van der Waals surface area contributed by atoms with Crippen molar-refractivity contribution in [2.75, 3.05) is 6.61 Å². The van der Waals surface area contributed by atoms with E-state index in [1.54, 1.807) is 4.99 Å². The van der Waals surface area contributed by atoms with Crippen molar-refractivity contribution in [3.8, 4) is 0 Å². The van der Waals surface area contributed by atoms with E-state index in [1.165, 1.54) is 0 Å². The Labute approximate surface area is 65.2 Å². The summed E-state index contributed by atoms with van der Waals surface area (Å²) in [5, 5.41) is 0. The lowest BCUT2D eigenvalue weighted by atomic mass is 10.2. The smallest absolute Gasteiger partial charge is 0.0662 e. The van der Waals surface area contributed by atoms with E-state index in [-0.39, 0.29) is 5.60 Å². The minimum absolute atomic E-state index is 0.0213. The molecule has 54 valence electrons. The summed E-state index contributed by atoms with van der Waals surface area (Å²) in [6, 6.07) is 0. The summed E-state index contributed by atoms with van der Waals surface area (Å²) >= 11 is 3.16. The molecule has 0 rings (SSSR count). The third kappa shape index (κ3) is 8.18. The van der Waals surface area contributed by atoms with Crippen molar-refractivity contribution in [1.29, 1.82) is 0 Å². The third-order valence-corrected chi connectivity index (χ3v) is 1.08. The second kappa shape index (κ2) is 4.07. The third-order valence-electron chi connectivity index (χ3n) is 0.702. The van der Waals surface area contributed by atoms with Gasteiger partial charge in [0.05, 0.1) is 12.2 Å². The molecule has 0 aliphatic rings. The fourth-order valence-corrected chi connectivity index (χ4v) is 0.487. The monoisotopic (exact) mass is 192 g/mol. The van der Waals surface area contributed by atoms with E-state index in [9.17, 15) is 0 Å². The van der Waals surface area contributed by atoms with Crippen molar-refractivity contribution in [2.45, 2.75) is 26.4 Å². The van der Waals surface area contributed by atoms with Gasteiger partial charge in [-0.05, 0) is 25.8 Å². The summed E-state index contributed by atoms with van der Waals surface area (Å²) in [7, 11) is 0. The molecule has 0 atom stereocenters. The molecule has 0 heterocycles. The second-order valence-corrected chi connectivity index (χ2v) is 3.31. The van der Waals surface area contributed by atoms with E-state index in [0.29, 0.717) is 6.61 Å². The topological polar surface area (TPSA) is 9.23 Å². The predicted octanol–water partition coefficient (Wildman–Crippen LogP) is 2.71. The molecule has 0 aromatic rings. The van der Waals surface area contributed by atoms with Crippen LogP contribution in [0.4, 0.5) is 0 Å². The number of hydrogen-bond donors (Lipinski definition) is 0. The van der Waals surface area contributed by atoms with Crippen LogP contribution >= 0.6 is 15.9 Å². The highest BCUT2D eigenvalue weighted by Gasteiger charge is 2.07. The highest BCUT2D eigenvalue weighted by Crippen LogP contribution is 2.05. The van der Waals surface area contributed by atoms with Gasteiger partial charge in [0.25, 0.3) is 0 Å². The second-order valence-electron chi connectivity index (χ2n) is 2.79. The average molecular weight is 193 g/mol. The summed E-state index contributed by atoms with van der Waals surface area (Å²) in [6.45, 7) is 6.79. The summed E-state index contributed by atoms with van der Waals surface area (Å²) in [6.07, 6.45) is 1.92. The maximum Gasteiger partial charge on any atom is 0.0662 e. The molecule has 0 saturated carbocycles. The van der Waals surface area contributed by atoms with Crippen LogP contribution in [0, 0.1) is 0 Å². The van der Waals surface area contributed by atoms with Crippen LogP contribution in [-0.4, -0.2) is 12.2 Å². The quantitative estimate of drug-likeness (QED) is 0.655. The highest BCUT2D eigenvalue weighted by molar-refractivity contribution is 9.11. The van der Waals surface area contributed by atoms with Gasteiger partial charge < -0.3 is 4.74 Å². The summed E-state index contributed by atoms with van der Waals surface area (Å²) < 4.78 is 5.35. The Morgan fingerprint density at radius 3 is 2.33 bits per heavy atom. The first-order valence-electron chi connectivity index (χ1n) is 2.95. The number of rotatable bonds is 2. The Morgan fingerprint density at radius 1 is 1.44 bits per heavy atom. The SMILES string of the molecule is CC(C)(C)OC/C=C/Br. The Hall–Kier alpha value is 0.180. The predicted molar refractivity (Wildman–Crippen MR) is 43.8 cm³/mol. The van der Waals surface area contributed by atoms with Gasteiger partial charge in [-0.15, -0.1) is 0 Å². The molecule has 0 aromatic carbocycles. The minimum atomic E-state index is -0.0213. The minimum Gasteiger partial charge on any atom is -0.372 e. The van der Waals surface area contributed by atoms with Crippen LogP contribution in [-0.2, 0) is 4.74 Å². The highest BCUT2D eigenvalue weighted by atomic mass is 79.9. The molecule has 0 unspecified atom stereocenters. The molecular weight excluding hydrogens is 180 g/mol. The molecule has 0 aromatic heterocycles. The Kier molecular flexibility index (Phi) is 4.15. The fourth-order valence-electron chi connectivity index (χ4n) is 0.334. The maximum absolute atomic E-state index is 5.35. The van der Waals surface area contributed by atoms with Crippen LogP contribution < -0.4 is 0 Å². The molecule has 0 aliphatic heterocycles. The van der Waals surface area contributed by atoms with Gasteiger partial charge in [-0.2, -0.15) is 0 Å². The zero-order valence-corrected chi connectivity index (χ0v) is 7.73. The van der Waals surface area contributed by atoms with Crippen LogP contribution in [0.15, 0.2) is 11.1 Å². The first-order valence-corrected chi connectivity index (χ1v) is 3.87. The molecule has 0 radical (unpaired) electrons. The van der Waals surface area contributed by atoms with E-state index < -0.39 is 0 Å². The van der Waals surface area contributed by atoms with Crippen molar-refractivity contribution in [3.63, 3.8) is 0 Å². The largest absolute Gasteiger partial charge is 0.372 e. The van der Waals surface area contributed by atoms with Crippen molar-refractivity contribution < 1.29 is 4.74 Å². The number of ether oxygens (including phenoxy) is 1. The molecule has 0 bridgehead atoms. The van der Waals surface area contributed by atoms with Crippen LogP contribution in [0.5, 0.6) is 0 Å². The summed E-state index contributed by atoms with van der Waals surface area (Å²) in [5.41, 5.74) is -0.0213. The maximum atomic E-state index is 5.35. The van der Waals surface area contributed by atoms with E-state index in [0.717, 1.165) is 0 Å². The molecule has 0 saturated heterocycles. The van der Waals surface area contributed by atoms with E-state index in [2.05, 4.69) is 15.9 Å². The normalized spacial score (nSPS) is 12.9. The fraction of sp³-hybridized carbons (Fsp3) is 0.714. The Bertz CT molecular complexity index is 91.6. The molecule has 0 fully saturated rings. The van der Waals surface area contributed by atoms with E-state index in [4.69, 9.17) is 4.74 Å². The van der Waals surface area contributed by atoms with Crippen molar-refractivity contribution >= 4 is 15.9 Å². The number of hydrogen-bond acceptors (Lipinski definition) is 1. The molecule has 0 amide bonds. The van der Waals surface area contributed by atoms with E-state index in [1.807, 2.05) is 26.8 Å². The van der Waals surface area contributed by atoms with Gasteiger partial charge >= 0.3 is 0 Å². The molecule has 1 nitrogen and oxygen atoms in total. The number of halogens is 1. The van der Waals surface area contributed by atoms with Gasteiger partial charge in [-0.25, -0.2) is 0 Å². The van der Waals surface area contributed by atoms with Crippen LogP contribution in [0.25, 0.3) is 0 Å². The first kappa shape index (κ1) is 9.18.